The minimum absolute atomic E-state index is 0.0263. The maximum Gasteiger partial charge on any atom is 0.422 e. The fraction of sp³-hybridized carbons (Fsp3) is 0.150. The number of amides is 2. The van der Waals surface area contributed by atoms with Crippen LogP contribution in [-0.2, 0) is 0 Å². The largest absolute Gasteiger partial charge is 0.484 e. The lowest BCUT2D eigenvalue weighted by atomic mass is 10.2. The highest BCUT2D eigenvalue weighted by Gasteiger charge is 2.28. The van der Waals surface area contributed by atoms with E-state index in [0.29, 0.717) is 15.6 Å². The van der Waals surface area contributed by atoms with Crippen LogP contribution >= 0.6 is 11.3 Å². The summed E-state index contributed by atoms with van der Waals surface area (Å²) >= 11 is 1.19. The van der Waals surface area contributed by atoms with Gasteiger partial charge in [0.15, 0.2) is 6.61 Å². The number of nitrogens with one attached hydrogen (secondary N) is 2. The molecule has 156 valence electrons. The van der Waals surface area contributed by atoms with Gasteiger partial charge in [-0.25, -0.2) is 4.98 Å². The summed E-state index contributed by atoms with van der Waals surface area (Å²) in [5.74, 6) is -1.18. The zero-order chi connectivity index (χ0) is 21.7. The van der Waals surface area contributed by atoms with Crippen molar-refractivity contribution in [1.82, 2.24) is 15.8 Å². The molecule has 0 saturated heterocycles. The number of hydrogen-bond donors (Lipinski definition) is 2. The average Bonchev–Trinajstić information content (AvgIpc) is 3.12. The number of alkyl halides is 3. The van der Waals surface area contributed by atoms with E-state index in [1.54, 1.807) is 6.92 Å². The van der Waals surface area contributed by atoms with Gasteiger partial charge in [-0.1, -0.05) is 30.3 Å². The van der Waals surface area contributed by atoms with Crippen LogP contribution in [0.1, 0.15) is 25.7 Å². The van der Waals surface area contributed by atoms with Gasteiger partial charge in [0.2, 0.25) is 0 Å². The molecule has 0 aliphatic rings. The van der Waals surface area contributed by atoms with Crippen molar-refractivity contribution in [2.24, 2.45) is 0 Å². The molecule has 2 amide bonds. The summed E-state index contributed by atoms with van der Waals surface area (Å²) in [4.78, 5) is 29.3. The number of rotatable bonds is 5. The molecule has 1 aromatic heterocycles. The lowest BCUT2D eigenvalue weighted by Crippen LogP contribution is -2.41. The molecule has 3 aromatic rings. The predicted molar refractivity (Wildman–Crippen MR) is 105 cm³/mol. The first-order valence-electron chi connectivity index (χ1n) is 8.66. The molecule has 0 atom stereocenters. The summed E-state index contributed by atoms with van der Waals surface area (Å²) in [6.45, 7) is 0.271. The molecular formula is C20H16F3N3O3S. The Bertz CT molecular complexity index is 1030. The molecule has 2 aromatic carbocycles. The fourth-order valence-corrected chi connectivity index (χ4v) is 3.39. The Labute approximate surface area is 173 Å². The van der Waals surface area contributed by atoms with Crippen molar-refractivity contribution < 1.29 is 27.5 Å². The van der Waals surface area contributed by atoms with Crippen LogP contribution in [0.3, 0.4) is 0 Å². The Morgan fingerprint density at radius 3 is 2.27 bits per heavy atom. The summed E-state index contributed by atoms with van der Waals surface area (Å²) in [5, 5.41) is 0.680. The van der Waals surface area contributed by atoms with Crippen molar-refractivity contribution in [3.05, 3.63) is 70.7 Å². The molecular weight excluding hydrogens is 419 g/mol. The lowest BCUT2D eigenvalue weighted by Gasteiger charge is -2.10. The highest BCUT2D eigenvalue weighted by Crippen LogP contribution is 2.27. The molecule has 2 N–H and O–H groups in total. The second-order valence-corrected chi connectivity index (χ2v) is 7.14. The molecule has 0 aliphatic heterocycles. The van der Waals surface area contributed by atoms with Gasteiger partial charge in [0.05, 0.1) is 5.69 Å². The van der Waals surface area contributed by atoms with Crippen LogP contribution in [0.15, 0.2) is 54.6 Å². The molecule has 0 unspecified atom stereocenters. The number of carbonyl (C=O) groups is 2. The Kier molecular flexibility index (Phi) is 6.36. The van der Waals surface area contributed by atoms with Crippen molar-refractivity contribution >= 4 is 23.2 Å². The fourth-order valence-electron chi connectivity index (χ4n) is 2.42. The SMILES string of the molecule is Cc1nc(-c2ccccc2)sc1C(=O)NNC(=O)c1ccc(OCC(F)(F)F)cc1. The van der Waals surface area contributed by atoms with E-state index in [2.05, 4.69) is 20.6 Å². The molecule has 10 heteroatoms. The van der Waals surface area contributed by atoms with Gasteiger partial charge in [-0.3, -0.25) is 20.4 Å². The number of carbonyl (C=O) groups excluding carboxylic acids is 2. The van der Waals surface area contributed by atoms with E-state index in [4.69, 9.17) is 0 Å². The van der Waals surface area contributed by atoms with Gasteiger partial charge in [0.1, 0.15) is 15.6 Å². The van der Waals surface area contributed by atoms with Gasteiger partial charge >= 0.3 is 6.18 Å². The highest BCUT2D eigenvalue weighted by molar-refractivity contribution is 7.17. The Morgan fingerprint density at radius 1 is 1.00 bits per heavy atom. The summed E-state index contributed by atoms with van der Waals surface area (Å²) in [6, 6.07) is 14.4. The van der Waals surface area contributed by atoms with Crippen molar-refractivity contribution in [3.8, 4) is 16.3 Å². The first kappa shape index (κ1) is 21.3. The topological polar surface area (TPSA) is 80.3 Å². The third-order valence-corrected chi connectivity index (χ3v) is 5.04. The number of hydrogen-bond acceptors (Lipinski definition) is 5. The van der Waals surface area contributed by atoms with E-state index in [0.717, 1.165) is 5.56 Å². The van der Waals surface area contributed by atoms with E-state index in [-0.39, 0.29) is 11.3 Å². The van der Waals surface area contributed by atoms with Gasteiger partial charge in [-0.2, -0.15) is 13.2 Å². The molecule has 1 heterocycles. The monoisotopic (exact) mass is 435 g/mol. The molecule has 0 radical (unpaired) electrons. The van der Waals surface area contributed by atoms with E-state index in [1.165, 1.54) is 35.6 Å². The van der Waals surface area contributed by atoms with Crippen LogP contribution in [-0.4, -0.2) is 29.6 Å². The zero-order valence-electron chi connectivity index (χ0n) is 15.6. The summed E-state index contributed by atoms with van der Waals surface area (Å²) in [7, 11) is 0. The van der Waals surface area contributed by atoms with E-state index in [1.807, 2.05) is 30.3 Å². The van der Waals surface area contributed by atoms with Crippen LogP contribution in [0.5, 0.6) is 5.75 Å². The van der Waals surface area contributed by atoms with E-state index < -0.39 is 24.6 Å². The normalized spacial score (nSPS) is 11.1. The quantitative estimate of drug-likeness (QED) is 0.591. The van der Waals surface area contributed by atoms with E-state index >= 15 is 0 Å². The number of nitrogens with zero attached hydrogens (tertiary/aromatic N) is 1. The highest BCUT2D eigenvalue weighted by atomic mass is 32.1. The number of ether oxygens (including phenoxy) is 1. The number of hydrazine groups is 1. The number of aromatic nitrogens is 1. The van der Waals surface area contributed by atoms with Gasteiger partial charge < -0.3 is 4.74 Å². The first-order valence-corrected chi connectivity index (χ1v) is 9.48. The third-order valence-electron chi connectivity index (χ3n) is 3.83. The smallest absolute Gasteiger partial charge is 0.422 e. The van der Waals surface area contributed by atoms with E-state index in [9.17, 15) is 22.8 Å². The van der Waals surface area contributed by atoms with Crippen molar-refractivity contribution in [2.45, 2.75) is 13.1 Å². The van der Waals surface area contributed by atoms with Gasteiger partial charge in [-0.15, -0.1) is 11.3 Å². The molecule has 0 bridgehead atoms. The van der Waals surface area contributed by atoms with Crippen LogP contribution in [0.4, 0.5) is 13.2 Å². The molecule has 6 nitrogen and oxygen atoms in total. The lowest BCUT2D eigenvalue weighted by molar-refractivity contribution is -0.153. The van der Waals surface area contributed by atoms with Crippen LogP contribution < -0.4 is 15.6 Å². The predicted octanol–water partition coefficient (Wildman–Crippen LogP) is 4.13. The van der Waals surface area contributed by atoms with Crippen LogP contribution in [0.25, 0.3) is 10.6 Å². The Hall–Kier alpha value is -3.40. The average molecular weight is 435 g/mol. The second kappa shape index (κ2) is 8.95. The molecule has 0 fully saturated rings. The zero-order valence-corrected chi connectivity index (χ0v) is 16.4. The van der Waals surface area contributed by atoms with Gasteiger partial charge in [-0.05, 0) is 31.2 Å². The summed E-state index contributed by atoms with van der Waals surface area (Å²) in [5.41, 5.74) is 6.12. The standard InChI is InChI=1S/C20H16F3N3O3S/c1-12-16(30-19(24-12)14-5-3-2-4-6-14)18(28)26-25-17(27)13-7-9-15(10-8-13)29-11-20(21,22)23/h2-10H,11H2,1H3,(H,25,27)(H,26,28). The maximum absolute atomic E-state index is 12.4. The minimum Gasteiger partial charge on any atom is -0.484 e. The summed E-state index contributed by atoms with van der Waals surface area (Å²) in [6.07, 6.45) is -4.45. The van der Waals surface area contributed by atoms with Crippen molar-refractivity contribution in [3.63, 3.8) is 0 Å². The molecule has 3 rings (SSSR count). The molecule has 0 aliphatic carbocycles. The maximum atomic E-state index is 12.4. The molecule has 0 saturated carbocycles. The van der Waals surface area contributed by atoms with Crippen molar-refractivity contribution in [1.29, 1.82) is 0 Å². The summed E-state index contributed by atoms with van der Waals surface area (Å²) < 4.78 is 41.1. The number of thiazole rings is 1. The Balaban J connectivity index is 1.58. The minimum atomic E-state index is -4.45. The van der Waals surface area contributed by atoms with Crippen LogP contribution in [0, 0.1) is 6.92 Å². The van der Waals surface area contributed by atoms with Gasteiger partial charge in [0.25, 0.3) is 11.8 Å². The van der Waals surface area contributed by atoms with Gasteiger partial charge in [0, 0.05) is 11.1 Å². The van der Waals surface area contributed by atoms with Crippen molar-refractivity contribution in [2.75, 3.05) is 6.61 Å². The first-order chi connectivity index (χ1) is 14.2. The third kappa shape index (κ3) is 5.57. The second-order valence-electron chi connectivity index (χ2n) is 6.14. The number of halogens is 3. The Morgan fingerprint density at radius 2 is 1.63 bits per heavy atom. The number of benzene rings is 2. The molecule has 0 spiro atoms. The number of aryl methyl sites for hydroxylation is 1. The molecule has 30 heavy (non-hydrogen) atoms. The van der Waals surface area contributed by atoms with Crippen LogP contribution in [0.2, 0.25) is 0 Å².